The van der Waals surface area contributed by atoms with Crippen LogP contribution in [0.5, 0.6) is 0 Å². The summed E-state index contributed by atoms with van der Waals surface area (Å²) >= 11 is 0. The normalized spacial score (nSPS) is 11.4. The molecule has 0 aliphatic heterocycles. The van der Waals surface area contributed by atoms with Crippen molar-refractivity contribution >= 4 is 33.1 Å². The molecule has 31 heavy (non-hydrogen) atoms. The largest absolute Gasteiger partial charge is 0.354 e. The average Bonchev–Trinajstić information content (AvgIpc) is 3.57. The van der Waals surface area contributed by atoms with Crippen molar-refractivity contribution in [2.75, 3.05) is 0 Å². The van der Waals surface area contributed by atoms with Crippen molar-refractivity contribution in [3.63, 3.8) is 0 Å². The molecule has 0 unspecified atom stereocenters. The third kappa shape index (κ3) is 2.89. The standard InChI is InChI=1S/C27H19N3O/c31-27-23-15-13-21(29-23)25(17-7-3-1-4-8-17)19-11-12-20(28-19)26(18-9-5-2-6-10-18)22-14-16-24(27)30-22/h1-16,28-30H. The van der Waals surface area contributed by atoms with Gasteiger partial charge in [0.25, 0.3) is 0 Å². The SMILES string of the molecule is O=c1c2ccc([nH]2)c(-c2ccccc2)c2ccc([nH]2)c(-c2ccccc2)c2ccc1[nH]2. The van der Waals surface area contributed by atoms with Crippen LogP contribution in [0.15, 0.2) is 102 Å². The second-order valence-electron chi connectivity index (χ2n) is 7.67. The van der Waals surface area contributed by atoms with Crippen LogP contribution >= 0.6 is 0 Å². The molecule has 0 saturated heterocycles. The second-order valence-corrected chi connectivity index (χ2v) is 7.67. The molecule has 148 valence electrons. The van der Waals surface area contributed by atoms with E-state index in [4.69, 9.17) is 0 Å². The molecule has 0 aliphatic rings. The number of aromatic amines is 3. The molecule has 4 nitrogen and oxygen atoms in total. The van der Waals surface area contributed by atoms with E-state index < -0.39 is 0 Å². The van der Waals surface area contributed by atoms with Crippen LogP contribution in [0.2, 0.25) is 0 Å². The molecule has 0 spiro atoms. The zero-order chi connectivity index (χ0) is 20.8. The molecular weight excluding hydrogens is 382 g/mol. The summed E-state index contributed by atoms with van der Waals surface area (Å²) in [5, 5.41) is 0. The summed E-state index contributed by atoms with van der Waals surface area (Å²) in [5.74, 6) is 0. The van der Waals surface area contributed by atoms with Crippen molar-refractivity contribution < 1.29 is 0 Å². The van der Waals surface area contributed by atoms with Crippen molar-refractivity contribution in [2.45, 2.75) is 0 Å². The van der Waals surface area contributed by atoms with Gasteiger partial charge in [-0.05, 0) is 47.5 Å². The number of fused-ring (bicyclic) bond motifs is 6. The number of H-pyrrole nitrogens is 3. The fraction of sp³-hybridized carbons (Fsp3) is 0. The van der Waals surface area contributed by atoms with Gasteiger partial charge in [0.15, 0.2) is 0 Å². The van der Waals surface area contributed by atoms with Crippen LogP contribution in [0, 0.1) is 0 Å². The molecule has 0 saturated carbocycles. The van der Waals surface area contributed by atoms with Gasteiger partial charge in [0.1, 0.15) is 0 Å². The molecule has 2 aromatic carbocycles. The molecule has 6 rings (SSSR count). The topological polar surface area (TPSA) is 64.4 Å². The van der Waals surface area contributed by atoms with Crippen molar-refractivity contribution in [2.24, 2.45) is 0 Å². The zero-order valence-electron chi connectivity index (χ0n) is 16.6. The van der Waals surface area contributed by atoms with E-state index in [9.17, 15) is 4.79 Å². The number of nitrogens with one attached hydrogen (secondary N) is 3. The highest BCUT2D eigenvalue weighted by molar-refractivity contribution is 5.98. The van der Waals surface area contributed by atoms with Crippen LogP contribution in [0.4, 0.5) is 0 Å². The van der Waals surface area contributed by atoms with Crippen molar-refractivity contribution in [3.05, 3.63) is 107 Å². The Kier molecular flexibility index (Phi) is 3.90. The highest BCUT2D eigenvalue weighted by atomic mass is 16.1. The lowest BCUT2D eigenvalue weighted by atomic mass is 10.1. The van der Waals surface area contributed by atoms with Crippen LogP contribution in [0.3, 0.4) is 0 Å². The minimum atomic E-state index is -0.0545. The van der Waals surface area contributed by atoms with E-state index in [1.807, 2.05) is 60.7 Å². The summed E-state index contributed by atoms with van der Waals surface area (Å²) in [7, 11) is 0. The maximum atomic E-state index is 13.2. The van der Waals surface area contributed by atoms with Crippen LogP contribution in [0.25, 0.3) is 55.4 Å². The van der Waals surface area contributed by atoms with Gasteiger partial charge in [0.2, 0.25) is 5.43 Å². The van der Waals surface area contributed by atoms with Gasteiger partial charge in [-0.15, -0.1) is 0 Å². The van der Waals surface area contributed by atoms with Gasteiger partial charge in [-0.25, -0.2) is 0 Å². The summed E-state index contributed by atoms with van der Waals surface area (Å²) in [6.07, 6.45) is 0. The lowest BCUT2D eigenvalue weighted by Gasteiger charge is -2.04. The van der Waals surface area contributed by atoms with Gasteiger partial charge in [0, 0.05) is 33.2 Å². The Labute approximate surface area is 177 Å². The summed E-state index contributed by atoms with van der Waals surface area (Å²) < 4.78 is 0. The molecule has 0 amide bonds. The Bertz CT molecular complexity index is 1520. The molecule has 4 heterocycles. The molecule has 4 aromatic heterocycles. The first-order valence-corrected chi connectivity index (χ1v) is 10.3. The van der Waals surface area contributed by atoms with Crippen LogP contribution in [0.1, 0.15) is 0 Å². The molecule has 3 N–H and O–H groups in total. The molecular formula is C27H19N3O. The van der Waals surface area contributed by atoms with E-state index >= 15 is 0 Å². The van der Waals surface area contributed by atoms with Crippen LogP contribution < -0.4 is 5.43 Å². The number of hydrogen-bond donors (Lipinski definition) is 3. The third-order valence-electron chi connectivity index (χ3n) is 5.75. The highest BCUT2D eigenvalue weighted by Crippen LogP contribution is 2.32. The first-order chi connectivity index (χ1) is 15.3. The monoisotopic (exact) mass is 401 g/mol. The predicted molar refractivity (Wildman–Crippen MR) is 128 cm³/mol. The Balaban J connectivity index is 1.85. The molecule has 4 heteroatoms. The van der Waals surface area contributed by atoms with E-state index in [0.717, 1.165) is 44.3 Å². The zero-order valence-corrected chi connectivity index (χ0v) is 16.6. The third-order valence-corrected chi connectivity index (χ3v) is 5.75. The Morgan fingerprint density at radius 3 is 1.10 bits per heavy atom. The Morgan fingerprint density at radius 1 is 0.387 bits per heavy atom. The fourth-order valence-corrected chi connectivity index (χ4v) is 4.30. The van der Waals surface area contributed by atoms with E-state index in [-0.39, 0.29) is 5.43 Å². The van der Waals surface area contributed by atoms with Gasteiger partial charge < -0.3 is 15.0 Å². The summed E-state index contributed by atoms with van der Waals surface area (Å²) in [6, 6.07) is 32.3. The highest BCUT2D eigenvalue weighted by Gasteiger charge is 2.11. The van der Waals surface area contributed by atoms with E-state index in [1.54, 1.807) is 0 Å². The maximum absolute atomic E-state index is 13.2. The van der Waals surface area contributed by atoms with Crippen LogP contribution in [-0.2, 0) is 0 Å². The van der Waals surface area contributed by atoms with Gasteiger partial charge in [-0.3, -0.25) is 4.79 Å². The maximum Gasteiger partial charge on any atom is 0.225 e. The van der Waals surface area contributed by atoms with E-state index in [1.165, 1.54) is 0 Å². The predicted octanol–water partition coefficient (Wildman–Crippen LogP) is 6.39. The lowest BCUT2D eigenvalue weighted by Crippen LogP contribution is -1.98. The fourth-order valence-electron chi connectivity index (χ4n) is 4.30. The summed E-state index contributed by atoms with van der Waals surface area (Å²) in [6.45, 7) is 0. The van der Waals surface area contributed by atoms with Gasteiger partial charge in [-0.2, -0.15) is 0 Å². The molecule has 6 aromatic rings. The minimum Gasteiger partial charge on any atom is -0.354 e. The molecule has 0 radical (unpaired) electrons. The first kappa shape index (κ1) is 17.5. The Hall–Kier alpha value is -4.31. The van der Waals surface area contributed by atoms with Crippen molar-refractivity contribution in [1.82, 2.24) is 15.0 Å². The second kappa shape index (κ2) is 6.89. The number of aromatic nitrogens is 3. The van der Waals surface area contributed by atoms with E-state index in [2.05, 4.69) is 51.4 Å². The molecule has 0 fully saturated rings. The smallest absolute Gasteiger partial charge is 0.225 e. The number of rotatable bonds is 2. The van der Waals surface area contributed by atoms with Crippen molar-refractivity contribution in [3.8, 4) is 22.3 Å². The summed E-state index contributed by atoms with van der Waals surface area (Å²) in [4.78, 5) is 23.5. The minimum absolute atomic E-state index is 0.0545. The van der Waals surface area contributed by atoms with Gasteiger partial charge >= 0.3 is 0 Å². The average molecular weight is 401 g/mol. The van der Waals surface area contributed by atoms with E-state index in [0.29, 0.717) is 11.0 Å². The van der Waals surface area contributed by atoms with Gasteiger partial charge in [0.05, 0.1) is 11.0 Å². The summed E-state index contributed by atoms with van der Waals surface area (Å²) in [5.41, 5.74) is 9.06. The molecule has 6 bridgehead atoms. The first-order valence-electron chi connectivity index (χ1n) is 10.3. The lowest BCUT2D eigenvalue weighted by molar-refractivity contribution is 1.46. The number of benzene rings is 2. The number of hydrogen-bond acceptors (Lipinski definition) is 1. The van der Waals surface area contributed by atoms with Crippen LogP contribution in [-0.4, -0.2) is 15.0 Å². The Morgan fingerprint density at radius 2 is 0.710 bits per heavy atom. The molecule has 0 atom stereocenters. The van der Waals surface area contributed by atoms with Gasteiger partial charge in [-0.1, -0.05) is 60.7 Å². The quantitative estimate of drug-likeness (QED) is 0.309. The molecule has 0 aliphatic carbocycles. The van der Waals surface area contributed by atoms with Crippen molar-refractivity contribution in [1.29, 1.82) is 0 Å².